The van der Waals surface area contributed by atoms with Crippen LogP contribution in [-0.4, -0.2) is 29.9 Å². The van der Waals surface area contributed by atoms with Gasteiger partial charge in [-0.15, -0.1) is 0 Å². The zero-order chi connectivity index (χ0) is 10.7. The Morgan fingerprint density at radius 3 is 2.47 bits per heavy atom. The van der Waals surface area contributed by atoms with E-state index < -0.39 is 0 Å². The van der Waals surface area contributed by atoms with Crippen LogP contribution in [0.4, 0.5) is 0 Å². The molecule has 86 valence electrons. The molecule has 3 heteroatoms. The standard InChI is InChI=1S/C12H23N3/c13-12(14)10-5-4-8-15(9-10)11-6-2-1-3-7-11/h10-11H,1-9H2,(H3,13,14). The summed E-state index contributed by atoms with van der Waals surface area (Å²) in [6.45, 7) is 2.27. The number of likely N-dealkylation sites (tertiary alicyclic amines) is 1. The van der Waals surface area contributed by atoms with Crippen molar-refractivity contribution < 1.29 is 0 Å². The minimum absolute atomic E-state index is 0.334. The van der Waals surface area contributed by atoms with Crippen LogP contribution in [0.25, 0.3) is 0 Å². The first-order chi connectivity index (χ1) is 7.27. The fourth-order valence-electron chi connectivity index (χ4n) is 3.04. The van der Waals surface area contributed by atoms with Crippen molar-refractivity contribution in [2.75, 3.05) is 13.1 Å². The van der Waals surface area contributed by atoms with E-state index in [1.54, 1.807) is 0 Å². The molecule has 0 spiro atoms. The second kappa shape index (κ2) is 4.97. The molecule has 1 atom stereocenters. The van der Waals surface area contributed by atoms with Crippen LogP contribution in [0.5, 0.6) is 0 Å². The van der Waals surface area contributed by atoms with Gasteiger partial charge in [0, 0.05) is 18.5 Å². The molecule has 2 rings (SSSR count). The maximum atomic E-state index is 7.54. The summed E-state index contributed by atoms with van der Waals surface area (Å²) in [5.41, 5.74) is 5.62. The fourth-order valence-corrected chi connectivity index (χ4v) is 3.04. The van der Waals surface area contributed by atoms with Crippen molar-refractivity contribution in [3.05, 3.63) is 0 Å². The Morgan fingerprint density at radius 2 is 1.80 bits per heavy atom. The van der Waals surface area contributed by atoms with Crippen LogP contribution in [0.15, 0.2) is 0 Å². The predicted molar refractivity (Wildman–Crippen MR) is 63.1 cm³/mol. The third kappa shape index (κ3) is 2.71. The molecule has 1 saturated heterocycles. The molecule has 0 amide bonds. The first kappa shape index (κ1) is 10.9. The van der Waals surface area contributed by atoms with Gasteiger partial charge < -0.3 is 5.73 Å². The van der Waals surface area contributed by atoms with Crippen LogP contribution in [-0.2, 0) is 0 Å². The van der Waals surface area contributed by atoms with Crippen molar-refractivity contribution >= 4 is 5.84 Å². The minimum atomic E-state index is 0.334. The maximum absolute atomic E-state index is 7.54. The topological polar surface area (TPSA) is 53.1 Å². The summed E-state index contributed by atoms with van der Waals surface area (Å²) in [7, 11) is 0. The lowest BCUT2D eigenvalue weighted by atomic mass is 9.90. The number of nitrogens with two attached hydrogens (primary N) is 1. The summed E-state index contributed by atoms with van der Waals surface area (Å²) < 4.78 is 0. The minimum Gasteiger partial charge on any atom is -0.387 e. The number of nitrogens with one attached hydrogen (secondary N) is 1. The van der Waals surface area contributed by atoms with E-state index in [-0.39, 0.29) is 0 Å². The van der Waals surface area contributed by atoms with Crippen LogP contribution in [0, 0.1) is 11.3 Å². The van der Waals surface area contributed by atoms with Crippen molar-refractivity contribution in [3.8, 4) is 0 Å². The molecule has 0 bridgehead atoms. The normalized spacial score (nSPS) is 30.3. The summed E-state index contributed by atoms with van der Waals surface area (Å²) >= 11 is 0. The molecule has 0 radical (unpaired) electrons. The SMILES string of the molecule is N=C(N)C1CCCN(C2CCCCC2)C1. The number of hydrogen-bond acceptors (Lipinski definition) is 2. The van der Waals surface area contributed by atoms with Gasteiger partial charge in [-0.2, -0.15) is 0 Å². The Hall–Kier alpha value is -0.570. The Labute approximate surface area is 92.5 Å². The highest BCUT2D eigenvalue weighted by atomic mass is 15.2. The van der Waals surface area contributed by atoms with E-state index in [4.69, 9.17) is 11.1 Å². The molecule has 2 aliphatic rings. The molecule has 1 unspecified atom stereocenters. The zero-order valence-corrected chi connectivity index (χ0v) is 9.54. The van der Waals surface area contributed by atoms with Gasteiger partial charge in [0.2, 0.25) is 0 Å². The number of rotatable bonds is 2. The van der Waals surface area contributed by atoms with E-state index in [2.05, 4.69) is 4.90 Å². The molecule has 0 aromatic carbocycles. The largest absolute Gasteiger partial charge is 0.387 e. The smallest absolute Gasteiger partial charge is 0.0949 e. The Kier molecular flexibility index (Phi) is 3.62. The maximum Gasteiger partial charge on any atom is 0.0949 e. The molecule has 1 heterocycles. The summed E-state index contributed by atoms with van der Waals surface area (Å²) in [5.74, 6) is 0.733. The van der Waals surface area contributed by atoms with E-state index in [1.165, 1.54) is 45.1 Å². The van der Waals surface area contributed by atoms with Crippen molar-refractivity contribution in [3.63, 3.8) is 0 Å². The summed E-state index contributed by atoms with van der Waals surface area (Å²) in [5, 5.41) is 7.54. The Bertz CT molecular complexity index is 221. The van der Waals surface area contributed by atoms with E-state index in [1.807, 2.05) is 0 Å². The molecule has 0 aromatic rings. The van der Waals surface area contributed by atoms with Gasteiger partial charge in [-0.05, 0) is 32.2 Å². The summed E-state index contributed by atoms with van der Waals surface area (Å²) in [6.07, 6.45) is 9.28. The molecule has 3 N–H and O–H groups in total. The van der Waals surface area contributed by atoms with Crippen LogP contribution in [0.3, 0.4) is 0 Å². The number of piperidine rings is 1. The van der Waals surface area contributed by atoms with Gasteiger partial charge in [0.1, 0.15) is 0 Å². The molecule has 3 nitrogen and oxygen atoms in total. The second-order valence-electron chi connectivity index (χ2n) is 5.08. The van der Waals surface area contributed by atoms with Crippen molar-refractivity contribution in [2.24, 2.45) is 11.7 Å². The van der Waals surface area contributed by atoms with Crippen molar-refractivity contribution in [2.45, 2.75) is 51.0 Å². The van der Waals surface area contributed by atoms with E-state index in [0.29, 0.717) is 11.8 Å². The first-order valence-corrected chi connectivity index (χ1v) is 6.35. The third-order valence-corrected chi connectivity index (χ3v) is 3.98. The average Bonchev–Trinajstić information content (AvgIpc) is 2.30. The number of nitrogens with zero attached hydrogens (tertiary/aromatic N) is 1. The number of amidine groups is 1. The van der Waals surface area contributed by atoms with Crippen LogP contribution < -0.4 is 5.73 Å². The lowest BCUT2D eigenvalue weighted by molar-refractivity contribution is 0.116. The first-order valence-electron chi connectivity index (χ1n) is 6.35. The summed E-state index contributed by atoms with van der Waals surface area (Å²) in [4.78, 5) is 2.59. The predicted octanol–water partition coefficient (Wildman–Crippen LogP) is 1.97. The summed E-state index contributed by atoms with van der Waals surface area (Å²) in [6, 6.07) is 0.792. The molecule has 15 heavy (non-hydrogen) atoms. The fraction of sp³-hybridized carbons (Fsp3) is 0.917. The zero-order valence-electron chi connectivity index (χ0n) is 9.54. The molecular formula is C12H23N3. The number of hydrogen-bond donors (Lipinski definition) is 2. The molecule has 1 saturated carbocycles. The van der Waals surface area contributed by atoms with Gasteiger partial charge in [-0.1, -0.05) is 19.3 Å². The van der Waals surface area contributed by atoms with Gasteiger partial charge in [-0.3, -0.25) is 10.3 Å². The Balaban J connectivity index is 1.88. The van der Waals surface area contributed by atoms with Crippen LogP contribution in [0.1, 0.15) is 44.9 Å². The molecule has 0 aromatic heterocycles. The molecule has 1 aliphatic carbocycles. The molecular weight excluding hydrogens is 186 g/mol. The molecule has 2 fully saturated rings. The van der Waals surface area contributed by atoms with Gasteiger partial charge >= 0.3 is 0 Å². The lowest BCUT2D eigenvalue weighted by Crippen LogP contribution is -2.46. The van der Waals surface area contributed by atoms with Gasteiger partial charge in [0.15, 0.2) is 0 Å². The molecule has 1 aliphatic heterocycles. The van der Waals surface area contributed by atoms with Gasteiger partial charge in [0.05, 0.1) is 5.84 Å². The van der Waals surface area contributed by atoms with Crippen LogP contribution in [0.2, 0.25) is 0 Å². The lowest BCUT2D eigenvalue weighted by Gasteiger charge is -2.39. The van der Waals surface area contributed by atoms with Crippen molar-refractivity contribution in [1.82, 2.24) is 4.90 Å². The Morgan fingerprint density at radius 1 is 1.07 bits per heavy atom. The second-order valence-corrected chi connectivity index (χ2v) is 5.08. The average molecular weight is 209 g/mol. The highest BCUT2D eigenvalue weighted by Gasteiger charge is 2.27. The van der Waals surface area contributed by atoms with E-state index in [0.717, 1.165) is 19.0 Å². The highest BCUT2D eigenvalue weighted by molar-refractivity contribution is 5.79. The monoisotopic (exact) mass is 209 g/mol. The van der Waals surface area contributed by atoms with E-state index in [9.17, 15) is 0 Å². The third-order valence-electron chi connectivity index (χ3n) is 3.98. The highest BCUT2D eigenvalue weighted by Crippen LogP contribution is 2.26. The van der Waals surface area contributed by atoms with E-state index >= 15 is 0 Å². The quantitative estimate of drug-likeness (QED) is 0.539. The van der Waals surface area contributed by atoms with Crippen LogP contribution >= 0.6 is 0 Å². The van der Waals surface area contributed by atoms with Crippen molar-refractivity contribution in [1.29, 1.82) is 5.41 Å². The van der Waals surface area contributed by atoms with Gasteiger partial charge in [0.25, 0.3) is 0 Å². The van der Waals surface area contributed by atoms with Gasteiger partial charge in [-0.25, -0.2) is 0 Å².